The first-order valence-electron chi connectivity index (χ1n) is 2.46. The summed E-state index contributed by atoms with van der Waals surface area (Å²) in [5.41, 5.74) is 7.19. The van der Waals surface area contributed by atoms with Crippen LogP contribution in [0.4, 0.5) is 5.69 Å². The maximum Gasteiger partial charge on any atom is 2.00 e. The molecule has 1 aromatic rings. The molecule has 0 bridgehead atoms. The topological polar surface area (TPSA) is 26.0 Å². The van der Waals surface area contributed by atoms with Crippen molar-refractivity contribution in [2.24, 2.45) is 0 Å². The number of hydrogen-bond donors (Lipinski definition) is 1. The minimum absolute atomic E-state index is 0. The van der Waals surface area contributed by atoms with Crippen LogP contribution in [0.5, 0.6) is 0 Å². The molecule has 0 unspecified atom stereocenters. The molecule has 0 aliphatic heterocycles. The quantitative estimate of drug-likeness (QED) is 0.568. The largest absolute Gasteiger partial charge is 2.00 e. The first kappa shape index (κ1) is 8.58. The Bertz CT molecular complexity index is 148. The van der Waals surface area contributed by atoms with Crippen LogP contribution in [0.1, 0.15) is 5.56 Å². The molecule has 1 aromatic carbocycles. The van der Waals surface area contributed by atoms with Crippen molar-refractivity contribution in [2.45, 2.75) is 0 Å². The second kappa shape index (κ2) is 3.57. The molecule has 0 aromatic heterocycles. The fourth-order valence-corrected chi connectivity index (χ4v) is 0.518. The average Bonchev–Trinajstić information content (AvgIpc) is 1.77. The Kier molecular flexibility index (Phi) is 3.41. The van der Waals surface area contributed by atoms with Crippen LogP contribution in [0.3, 0.4) is 0 Å². The number of anilines is 1. The van der Waals surface area contributed by atoms with Gasteiger partial charge in [-0.15, -0.1) is 0 Å². The van der Waals surface area contributed by atoms with Gasteiger partial charge in [0.2, 0.25) is 0 Å². The molecule has 2 heteroatoms. The van der Waals surface area contributed by atoms with Crippen LogP contribution < -0.4 is 5.73 Å². The molecule has 0 saturated carbocycles. The summed E-state index contributed by atoms with van der Waals surface area (Å²) in [6.07, 6.45) is 0. The van der Waals surface area contributed by atoms with Crippen LogP contribution in [0.25, 0.3) is 0 Å². The van der Waals surface area contributed by atoms with Gasteiger partial charge >= 0.3 is 21.1 Å². The van der Waals surface area contributed by atoms with Crippen molar-refractivity contribution in [2.75, 3.05) is 5.73 Å². The van der Waals surface area contributed by atoms with Crippen LogP contribution in [-0.4, -0.2) is 0 Å². The molecule has 0 aliphatic rings. The molecule has 0 saturated heterocycles. The van der Waals surface area contributed by atoms with Crippen LogP contribution in [-0.2, 0) is 21.1 Å². The number of nitrogens with two attached hydrogens (primary N) is 1. The molecule has 0 fully saturated rings. The Morgan fingerprint density at radius 2 is 1.56 bits per heavy atom. The number of rotatable bonds is 0. The molecule has 0 amide bonds. The summed E-state index contributed by atoms with van der Waals surface area (Å²) in [6, 6.07) is 7.44. The third-order valence-electron chi connectivity index (χ3n) is 0.980. The van der Waals surface area contributed by atoms with Crippen molar-refractivity contribution in [1.82, 2.24) is 0 Å². The van der Waals surface area contributed by atoms with E-state index in [0.717, 1.165) is 11.3 Å². The van der Waals surface area contributed by atoms with E-state index in [1.54, 1.807) is 0 Å². The van der Waals surface area contributed by atoms with Gasteiger partial charge < -0.3 is 5.73 Å². The molecule has 1 rings (SSSR count). The molecule has 2 N–H and O–H groups in total. The molecule has 0 atom stereocenters. The standard InChI is InChI=1S/C7H8N.W/c1-6-2-4-7(8)5-3-6;/h2-5H,1,8H2;/q-1;+2. The minimum Gasteiger partial charge on any atom is -0.400 e. The number of hydrogen-bond acceptors (Lipinski definition) is 1. The van der Waals surface area contributed by atoms with E-state index in [0.29, 0.717) is 0 Å². The van der Waals surface area contributed by atoms with Crippen LogP contribution in [0.15, 0.2) is 24.3 Å². The summed E-state index contributed by atoms with van der Waals surface area (Å²) in [7, 11) is 0. The second-order valence-corrected chi connectivity index (χ2v) is 1.74. The minimum atomic E-state index is 0. The average molecular weight is 290 g/mol. The fraction of sp³-hybridized carbons (Fsp3) is 0. The van der Waals surface area contributed by atoms with Crippen molar-refractivity contribution in [3.63, 3.8) is 0 Å². The Morgan fingerprint density at radius 3 is 1.89 bits per heavy atom. The summed E-state index contributed by atoms with van der Waals surface area (Å²) >= 11 is 0. The van der Waals surface area contributed by atoms with Gasteiger partial charge in [-0.3, -0.25) is 0 Å². The maximum absolute atomic E-state index is 5.40. The zero-order chi connectivity index (χ0) is 5.98. The molecule has 0 aliphatic carbocycles. The second-order valence-electron chi connectivity index (χ2n) is 1.74. The number of nitrogen functional groups attached to an aromatic ring is 1. The Labute approximate surface area is 69.5 Å². The van der Waals surface area contributed by atoms with E-state index in [9.17, 15) is 0 Å². The first-order valence-corrected chi connectivity index (χ1v) is 2.46. The van der Waals surface area contributed by atoms with Crippen molar-refractivity contribution >= 4 is 5.69 Å². The van der Waals surface area contributed by atoms with Gasteiger partial charge in [-0.1, -0.05) is 12.1 Å². The zero-order valence-corrected chi connectivity index (χ0v) is 7.94. The van der Waals surface area contributed by atoms with E-state index < -0.39 is 0 Å². The molecule has 0 heterocycles. The summed E-state index contributed by atoms with van der Waals surface area (Å²) < 4.78 is 0. The summed E-state index contributed by atoms with van der Waals surface area (Å²) in [5.74, 6) is 0. The van der Waals surface area contributed by atoms with Crippen LogP contribution in [0, 0.1) is 6.92 Å². The fourth-order valence-electron chi connectivity index (χ4n) is 0.518. The van der Waals surface area contributed by atoms with Crippen molar-refractivity contribution in [3.05, 3.63) is 36.8 Å². The summed E-state index contributed by atoms with van der Waals surface area (Å²) in [4.78, 5) is 0. The van der Waals surface area contributed by atoms with Gasteiger partial charge in [0.05, 0.1) is 0 Å². The molecule has 46 valence electrons. The van der Waals surface area contributed by atoms with Gasteiger partial charge in [0, 0.05) is 5.69 Å². The maximum atomic E-state index is 5.40. The van der Waals surface area contributed by atoms with Gasteiger partial charge in [0.15, 0.2) is 0 Å². The molecular formula is C7H8NW+. The van der Waals surface area contributed by atoms with E-state index in [4.69, 9.17) is 5.73 Å². The Morgan fingerprint density at radius 1 is 1.11 bits per heavy atom. The predicted molar refractivity (Wildman–Crippen MR) is 35.3 cm³/mol. The van der Waals surface area contributed by atoms with E-state index in [2.05, 4.69) is 6.92 Å². The Hall–Kier alpha value is -0.422. The number of benzene rings is 1. The van der Waals surface area contributed by atoms with E-state index in [1.807, 2.05) is 24.3 Å². The predicted octanol–water partition coefficient (Wildman–Crippen LogP) is 1.45. The SMILES string of the molecule is [CH2-]c1ccc(N)cc1.[W+2]. The van der Waals surface area contributed by atoms with E-state index in [-0.39, 0.29) is 21.1 Å². The summed E-state index contributed by atoms with van der Waals surface area (Å²) in [5, 5.41) is 0. The van der Waals surface area contributed by atoms with Crippen molar-refractivity contribution in [3.8, 4) is 0 Å². The molecular weight excluding hydrogens is 282 g/mol. The van der Waals surface area contributed by atoms with E-state index in [1.165, 1.54) is 0 Å². The molecule has 1 nitrogen and oxygen atoms in total. The van der Waals surface area contributed by atoms with Gasteiger partial charge in [0.1, 0.15) is 0 Å². The third kappa shape index (κ3) is 2.57. The van der Waals surface area contributed by atoms with Crippen molar-refractivity contribution in [1.29, 1.82) is 0 Å². The van der Waals surface area contributed by atoms with Gasteiger partial charge in [0.25, 0.3) is 0 Å². The smallest absolute Gasteiger partial charge is 0.400 e. The molecule has 0 spiro atoms. The first-order chi connectivity index (χ1) is 3.79. The van der Waals surface area contributed by atoms with Gasteiger partial charge in [-0.2, -0.15) is 24.6 Å². The van der Waals surface area contributed by atoms with E-state index >= 15 is 0 Å². The van der Waals surface area contributed by atoms with Crippen LogP contribution in [0.2, 0.25) is 0 Å². The third-order valence-corrected chi connectivity index (χ3v) is 0.980. The molecule has 0 radical (unpaired) electrons. The summed E-state index contributed by atoms with van der Waals surface area (Å²) in [6.45, 7) is 3.71. The van der Waals surface area contributed by atoms with Crippen LogP contribution >= 0.6 is 0 Å². The van der Waals surface area contributed by atoms with Gasteiger partial charge in [-0.05, 0) is 0 Å². The van der Waals surface area contributed by atoms with Gasteiger partial charge in [-0.25, -0.2) is 0 Å². The normalized spacial score (nSPS) is 8.00. The Balaban J connectivity index is 0.000000640. The van der Waals surface area contributed by atoms with Crippen molar-refractivity contribution < 1.29 is 21.1 Å². The molecule has 9 heavy (non-hydrogen) atoms. The monoisotopic (exact) mass is 290 g/mol. The zero-order valence-electron chi connectivity index (χ0n) is 5.00.